The van der Waals surface area contributed by atoms with E-state index < -0.39 is 14.6 Å². The SMILES string of the molecule is [CH2-]S(=O)(=O)C1(C(C)=O)CCCCC1.[Y]. The second-order valence-corrected chi connectivity index (χ2v) is 5.74. The molecule has 1 aliphatic carbocycles. The molecule has 1 aliphatic rings. The van der Waals surface area contributed by atoms with Gasteiger partial charge in [0.05, 0.1) is 0 Å². The van der Waals surface area contributed by atoms with Crippen molar-refractivity contribution in [1.29, 1.82) is 0 Å². The molecule has 0 saturated heterocycles. The van der Waals surface area contributed by atoms with Gasteiger partial charge < -0.3 is 0 Å². The van der Waals surface area contributed by atoms with Crippen LogP contribution in [0, 0.1) is 6.26 Å². The van der Waals surface area contributed by atoms with Crippen molar-refractivity contribution in [2.24, 2.45) is 0 Å². The van der Waals surface area contributed by atoms with Crippen LogP contribution in [-0.4, -0.2) is 18.9 Å². The molecule has 0 amide bonds. The minimum Gasteiger partial charge on any atom is -0.298 e. The van der Waals surface area contributed by atoms with E-state index in [2.05, 4.69) is 6.26 Å². The predicted molar refractivity (Wildman–Crippen MR) is 50.8 cm³/mol. The van der Waals surface area contributed by atoms with Gasteiger partial charge in [0, 0.05) is 42.5 Å². The van der Waals surface area contributed by atoms with Crippen LogP contribution >= 0.6 is 0 Å². The largest absolute Gasteiger partial charge is 0.298 e. The molecule has 0 aromatic heterocycles. The summed E-state index contributed by atoms with van der Waals surface area (Å²) in [5.74, 6) is -0.248. The fourth-order valence-corrected chi connectivity index (χ4v) is 3.35. The molecule has 3 nitrogen and oxygen atoms in total. The van der Waals surface area contributed by atoms with Gasteiger partial charge in [-0.25, -0.2) is 6.26 Å². The van der Waals surface area contributed by atoms with Crippen molar-refractivity contribution < 1.29 is 45.9 Å². The van der Waals surface area contributed by atoms with E-state index in [1.807, 2.05) is 0 Å². The number of rotatable bonds is 2. The van der Waals surface area contributed by atoms with Gasteiger partial charge in [0.25, 0.3) is 0 Å². The van der Waals surface area contributed by atoms with Gasteiger partial charge in [-0.05, 0) is 19.8 Å². The molecule has 0 atom stereocenters. The van der Waals surface area contributed by atoms with Crippen molar-refractivity contribution in [3.05, 3.63) is 6.26 Å². The minimum atomic E-state index is -3.49. The number of carbonyl (C=O) groups excluding carboxylic acids is 1. The number of hydrogen-bond donors (Lipinski definition) is 0. The molecule has 14 heavy (non-hydrogen) atoms. The number of Topliss-reactive ketones (excluding diaryl/α,β-unsaturated/α-hetero) is 1. The molecule has 0 bridgehead atoms. The Labute approximate surface area is 111 Å². The van der Waals surface area contributed by atoms with Crippen LogP contribution in [0.5, 0.6) is 0 Å². The second kappa shape index (κ2) is 5.17. The average molecular weight is 292 g/mol. The predicted octanol–water partition coefficient (Wildman–Crippen LogP) is 1.48. The Morgan fingerprint density at radius 3 is 1.86 bits per heavy atom. The second-order valence-electron chi connectivity index (χ2n) is 3.73. The monoisotopic (exact) mass is 292 g/mol. The van der Waals surface area contributed by atoms with Crippen LogP contribution < -0.4 is 0 Å². The quantitative estimate of drug-likeness (QED) is 0.724. The third kappa shape index (κ3) is 2.64. The third-order valence-corrected chi connectivity index (χ3v) is 4.78. The first-order valence-corrected chi connectivity index (χ1v) is 6.14. The molecule has 0 heterocycles. The van der Waals surface area contributed by atoms with Gasteiger partial charge in [0.1, 0.15) is 10.5 Å². The number of sulfone groups is 1. The normalized spacial score (nSPS) is 21.0. The molecule has 5 heteroatoms. The minimum absolute atomic E-state index is 0. The molecule has 0 aromatic rings. The molecule has 0 unspecified atom stereocenters. The Balaban J connectivity index is 0.00000169. The number of carbonyl (C=O) groups is 1. The summed E-state index contributed by atoms with van der Waals surface area (Å²) in [5.41, 5.74) is 0. The molecule has 1 fully saturated rings. The van der Waals surface area contributed by atoms with E-state index in [9.17, 15) is 13.2 Å². The van der Waals surface area contributed by atoms with Crippen molar-refractivity contribution in [3.8, 4) is 0 Å². The van der Waals surface area contributed by atoms with Gasteiger partial charge in [0.2, 0.25) is 0 Å². The summed E-state index contributed by atoms with van der Waals surface area (Å²) in [6, 6.07) is 0. The maximum absolute atomic E-state index is 11.4. The van der Waals surface area contributed by atoms with E-state index in [-0.39, 0.29) is 38.5 Å². The van der Waals surface area contributed by atoms with E-state index in [1.54, 1.807) is 0 Å². The zero-order chi connectivity index (χ0) is 10.1. The third-order valence-electron chi connectivity index (χ3n) is 2.90. The zero-order valence-electron chi connectivity index (χ0n) is 8.45. The van der Waals surface area contributed by atoms with Gasteiger partial charge >= 0.3 is 0 Å². The molecule has 1 radical (unpaired) electrons. The Bertz CT molecular complexity index is 302. The maximum Gasteiger partial charge on any atom is 0.148 e. The number of hydrogen-bond acceptors (Lipinski definition) is 3. The topological polar surface area (TPSA) is 51.2 Å². The Morgan fingerprint density at radius 1 is 1.21 bits per heavy atom. The zero-order valence-corrected chi connectivity index (χ0v) is 12.1. The summed E-state index contributed by atoms with van der Waals surface area (Å²) >= 11 is 0. The van der Waals surface area contributed by atoms with E-state index in [0.717, 1.165) is 19.3 Å². The molecular formula is C9H15O3SY-. The maximum atomic E-state index is 11.4. The van der Waals surface area contributed by atoms with Crippen LogP contribution in [0.3, 0.4) is 0 Å². The van der Waals surface area contributed by atoms with Gasteiger partial charge in [-0.15, -0.1) is 0 Å². The van der Waals surface area contributed by atoms with Crippen molar-refractivity contribution >= 4 is 15.6 Å². The van der Waals surface area contributed by atoms with Crippen LogP contribution in [0.25, 0.3) is 0 Å². The van der Waals surface area contributed by atoms with Crippen LogP contribution in [0.2, 0.25) is 0 Å². The summed E-state index contributed by atoms with van der Waals surface area (Å²) in [7, 11) is -3.49. The fourth-order valence-electron chi connectivity index (χ4n) is 2.00. The van der Waals surface area contributed by atoms with Crippen LogP contribution in [0.15, 0.2) is 0 Å². The standard InChI is InChI=1S/C9H15O3S.Y/c1-8(10)9(13(2,11)12)6-4-3-5-7-9;/h2-7H2,1H3;/q-1;. The smallest absolute Gasteiger partial charge is 0.148 e. The van der Waals surface area contributed by atoms with E-state index in [1.165, 1.54) is 6.92 Å². The molecule has 0 spiro atoms. The number of ketones is 1. The van der Waals surface area contributed by atoms with Crippen LogP contribution in [-0.2, 0) is 47.3 Å². The Morgan fingerprint density at radius 2 is 1.64 bits per heavy atom. The van der Waals surface area contributed by atoms with Crippen molar-refractivity contribution in [2.45, 2.75) is 43.8 Å². The first-order chi connectivity index (χ1) is 5.90. The molecule has 79 valence electrons. The summed E-state index contributed by atoms with van der Waals surface area (Å²) in [6.45, 7) is 1.36. The molecular weight excluding hydrogens is 277 g/mol. The first-order valence-electron chi connectivity index (χ1n) is 4.49. The van der Waals surface area contributed by atoms with Crippen molar-refractivity contribution in [2.75, 3.05) is 0 Å². The van der Waals surface area contributed by atoms with Crippen LogP contribution in [0.4, 0.5) is 0 Å². The molecule has 0 aliphatic heterocycles. The van der Waals surface area contributed by atoms with Gasteiger partial charge in [-0.2, -0.15) is 0 Å². The van der Waals surface area contributed by atoms with E-state index in [0.29, 0.717) is 12.8 Å². The summed E-state index contributed by atoms with van der Waals surface area (Å²) in [4.78, 5) is 11.3. The molecule has 1 saturated carbocycles. The molecule has 1 rings (SSSR count). The van der Waals surface area contributed by atoms with E-state index in [4.69, 9.17) is 0 Å². The Kier molecular flexibility index (Phi) is 5.44. The average Bonchev–Trinajstić information content (AvgIpc) is 2.03. The molecule has 0 aromatic carbocycles. The van der Waals surface area contributed by atoms with Crippen molar-refractivity contribution in [1.82, 2.24) is 0 Å². The van der Waals surface area contributed by atoms with Crippen molar-refractivity contribution in [3.63, 3.8) is 0 Å². The van der Waals surface area contributed by atoms with Gasteiger partial charge in [0.15, 0.2) is 0 Å². The Hall–Kier alpha value is 0.724. The van der Waals surface area contributed by atoms with Gasteiger partial charge in [-0.1, -0.05) is 19.3 Å². The fraction of sp³-hybridized carbons (Fsp3) is 0.778. The summed E-state index contributed by atoms with van der Waals surface area (Å²) < 4.78 is 21.7. The van der Waals surface area contributed by atoms with E-state index >= 15 is 0 Å². The summed E-state index contributed by atoms with van der Waals surface area (Å²) in [5, 5.41) is 0. The summed E-state index contributed by atoms with van der Waals surface area (Å²) in [6.07, 6.45) is 6.69. The van der Waals surface area contributed by atoms with Gasteiger partial charge in [-0.3, -0.25) is 13.2 Å². The molecule has 0 N–H and O–H groups in total. The first kappa shape index (κ1) is 14.7. The van der Waals surface area contributed by atoms with Crippen LogP contribution in [0.1, 0.15) is 39.0 Å².